The van der Waals surface area contributed by atoms with Crippen LogP contribution in [-0.2, 0) is 6.42 Å². The lowest BCUT2D eigenvalue weighted by Crippen LogP contribution is -2.37. The number of aliphatic imine (C=N–C) groups is 1. The van der Waals surface area contributed by atoms with Gasteiger partial charge in [-0.2, -0.15) is 0 Å². The zero-order chi connectivity index (χ0) is 15.9. The highest BCUT2D eigenvalue weighted by Crippen LogP contribution is 2.19. The van der Waals surface area contributed by atoms with Gasteiger partial charge in [-0.25, -0.2) is 4.98 Å². The first-order valence-electron chi connectivity index (χ1n) is 7.70. The predicted molar refractivity (Wildman–Crippen MR) is 105 cm³/mol. The topological polar surface area (TPSA) is 67.7 Å². The average molecular weight is 428 g/mol. The molecule has 0 aliphatic rings. The van der Waals surface area contributed by atoms with E-state index in [1.165, 1.54) is 5.56 Å². The van der Waals surface area contributed by atoms with Crippen LogP contribution in [-0.4, -0.2) is 35.5 Å². The molecule has 0 amide bonds. The SMILES string of the molecule is CCN(CC)C(N)=NCCc1coc(-c2ccc(C)cc2)n1.I. The quantitative estimate of drug-likeness (QED) is 0.435. The number of nitrogens with zero attached hydrogens (tertiary/aromatic N) is 3. The molecule has 0 saturated heterocycles. The van der Waals surface area contributed by atoms with Crippen molar-refractivity contribution >= 4 is 29.9 Å². The zero-order valence-corrected chi connectivity index (χ0v) is 16.3. The summed E-state index contributed by atoms with van der Waals surface area (Å²) in [7, 11) is 0. The van der Waals surface area contributed by atoms with Crippen LogP contribution in [0.5, 0.6) is 0 Å². The molecular formula is C17H25IN4O. The van der Waals surface area contributed by atoms with Gasteiger partial charge in [0.1, 0.15) is 6.26 Å². The maximum absolute atomic E-state index is 5.95. The molecule has 6 heteroatoms. The van der Waals surface area contributed by atoms with Gasteiger partial charge in [0.05, 0.1) is 5.69 Å². The van der Waals surface area contributed by atoms with E-state index in [4.69, 9.17) is 10.2 Å². The van der Waals surface area contributed by atoms with Gasteiger partial charge in [-0.05, 0) is 32.9 Å². The molecule has 0 fully saturated rings. The Bertz CT molecular complexity index is 618. The molecule has 0 saturated carbocycles. The smallest absolute Gasteiger partial charge is 0.226 e. The molecule has 0 bridgehead atoms. The van der Waals surface area contributed by atoms with Crippen LogP contribution < -0.4 is 5.73 Å². The Morgan fingerprint density at radius 3 is 2.48 bits per heavy atom. The minimum atomic E-state index is 0. The average Bonchev–Trinajstić information content (AvgIpc) is 2.98. The Hall–Kier alpha value is -1.57. The van der Waals surface area contributed by atoms with Crippen molar-refractivity contribution in [2.24, 2.45) is 10.7 Å². The van der Waals surface area contributed by atoms with Gasteiger partial charge < -0.3 is 15.1 Å². The fourth-order valence-electron chi connectivity index (χ4n) is 2.18. The summed E-state index contributed by atoms with van der Waals surface area (Å²) < 4.78 is 5.54. The number of nitrogens with two attached hydrogens (primary N) is 1. The van der Waals surface area contributed by atoms with Crippen LogP contribution in [0.25, 0.3) is 11.5 Å². The van der Waals surface area contributed by atoms with Crippen LogP contribution in [0.15, 0.2) is 39.9 Å². The minimum absolute atomic E-state index is 0. The molecule has 1 aromatic heterocycles. The van der Waals surface area contributed by atoms with E-state index in [1.807, 2.05) is 29.2 Å². The summed E-state index contributed by atoms with van der Waals surface area (Å²) in [5, 5.41) is 0. The Morgan fingerprint density at radius 2 is 1.87 bits per heavy atom. The van der Waals surface area contributed by atoms with Crippen LogP contribution in [0.1, 0.15) is 25.1 Å². The van der Waals surface area contributed by atoms with Gasteiger partial charge >= 0.3 is 0 Å². The maximum atomic E-state index is 5.95. The van der Waals surface area contributed by atoms with E-state index in [9.17, 15) is 0 Å². The molecule has 0 radical (unpaired) electrons. The highest BCUT2D eigenvalue weighted by Gasteiger charge is 2.07. The van der Waals surface area contributed by atoms with Gasteiger partial charge in [0.15, 0.2) is 5.96 Å². The zero-order valence-electron chi connectivity index (χ0n) is 14.0. The van der Waals surface area contributed by atoms with Crippen LogP contribution in [0.2, 0.25) is 0 Å². The first kappa shape index (κ1) is 19.5. The van der Waals surface area contributed by atoms with Crippen molar-refractivity contribution < 1.29 is 4.42 Å². The molecule has 0 unspecified atom stereocenters. The summed E-state index contributed by atoms with van der Waals surface area (Å²) in [5.74, 6) is 1.24. The van der Waals surface area contributed by atoms with Crippen LogP contribution in [0.3, 0.4) is 0 Å². The summed E-state index contributed by atoms with van der Waals surface area (Å²) in [6.07, 6.45) is 2.41. The number of hydrogen-bond acceptors (Lipinski definition) is 3. The van der Waals surface area contributed by atoms with Gasteiger partial charge in [-0.3, -0.25) is 4.99 Å². The van der Waals surface area contributed by atoms with Gasteiger partial charge in [0.25, 0.3) is 0 Å². The normalized spacial score (nSPS) is 11.2. The fourth-order valence-corrected chi connectivity index (χ4v) is 2.18. The van der Waals surface area contributed by atoms with E-state index >= 15 is 0 Å². The first-order chi connectivity index (χ1) is 10.6. The van der Waals surface area contributed by atoms with Crippen molar-refractivity contribution in [3.8, 4) is 11.5 Å². The summed E-state index contributed by atoms with van der Waals surface area (Å²) >= 11 is 0. The molecular weight excluding hydrogens is 403 g/mol. The van der Waals surface area contributed by atoms with Crippen LogP contribution in [0.4, 0.5) is 0 Å². The van der Waals surface area contributed by atoms with E-state index in [0.29, 0.717) is 18.4 Å². The highest BCUT2D eigenvalue weighted by atomic mass is 127. The Labute approximate surface area is 155 Å². The van der Waals surface area contributed by atoms with E-state index in [1.54, 1.807) is 6.26 Å². The van der Waals surface area contributed by atoms with Crippen molar-refractivity contribution in [2.45, 2.75) is 27.2 Å². The van der Waals surface area contributed by atoms with E-state index in [2.05, 4.69) is 30.7 Å². The van der Waals surface area contributed by atoms with Crippen molar-refractivity contribution in [1.29, 1.82) is 0 Å². The van der Waals surface area contributed by atoms with Gasteiger partial charge in [-0.1, -0.05) is 17.7 Å². The largest absolute Gasteiger partial charge is 0.444 e. The van der Waals surface area contributed by atoms with Crippen molar-refractivity contribution in [3.63, 3.8) is 0 Å². The highest BCUT2D eigenvalue weighted by molar-refractivity contribution is 14.0. The number of halogens is 1. The predicted octanol–water partition coefficient (Wildman–Crippen LogP) is 3.47. The molecule has 1 aromatic carbocycles. The summed E-state index contributed by atoms with van der Waals surface area (Å²) in [5.41, 5.74) is 9.05. The second-order valence-electron chi connectivity index (χ2n) is 5.17. The Kier molecular flexibility index (Phi) is 8.08. The third kappa shape index (κ3) is 5.53. The Balaban J connectivity index is 0.00000264. The number of hydrogen-bond donors (Lipinski definition) is 1. The van der Waals surface area contributed by atoms with E-state index < -0.39 is 0 Å². The lowest BCUT2D eigenvalue weighted by Gasteiger charge is -2.19. The second-order valence-corrected chi connectivity index (χ2v) is 5.17. The lowest BCUT2D eigenvalue weighted by molar-refractivity contribution is 0.458. The standard InChI is InChI=1S/C17H24N4O.HI/c1-4-21(5-2)17(18)19-11-10-15-12-22-16(20-15)14-8-6-13(3)7-9-14;/h6-9,12H,4-5,10-11H2,1-3H3,(H2,18,19);1H. The van der Waals surface area contributed by atoms with Crippen molar-refractivity contribution in [1.82, 2.24) is 9.88 Å². The Morgan fingerprint density at radius 1 is 1.22 bits per heavy atom. The third-order valence-corrected chi connectivity index (χ3v) is 3.58. The second kappa shape index (κ2) is 9.54. The molecule has 2 rings (SSSR count). The summed E-state index contributed by atoms with van der Waals surface area (Å²) in [6, 6.07) is 8.13. The number of benzene rings is 1. The number of oxazole rings is 1. The van der Waals surface area contributed by atoms with Gasteiger partial charge in [-0.15, -0.1) is 24.0 Å². The number of aromatic nitrogens is 1. The molecule has 126 valence electrons. The van der Waals surface area contributed by atoms with E-state index in [-0.39, 0.29) is 24.0 Å². The maximum Gasteiger partial charge on any atom is 0.226 e. The fraction of sp³-hybridized carbons (Fsp3) is 0.412. The third-order valence-electron chi connectivity index (χ3n) is 3.58. The molecule has 0 atom stereocenters. The molecule has 23 heavy (non-hydrogen) atoms. The van der Waals surface area contributed by atoms with Crippen LogP contribution >= 0.6 is 24.0 Å². The lowest BCUT2D eigenvalue weighted by atomic mass is 10.1. The summed E-state index contributed by atoms with van der Waals surface area (Å²) in [4.78, 5) is 10.9. The van der Waals surface area contributed by atoms with Crippen LogP contribution in [0, 0.1) is 6.92 Å². The molecule has 0 aliphatic carbocycles. The molecule has 0 spiro atoms. The van der Waals surface area contributed by atoms with Gasteiger partial charge in [0, 0.05) is 31.6 Å². The molecule has 0 aliphatic heterocycles. The molecule has 5 nitrogen and oxygen atoms in total. The van der Waals surface area contributed by atoms with Gasteiger partial charge in [0.2, 0.25) is 5.89 Å². The first-order valence-corrected chi connectivity index (χ1v) is 7.70. The molecule has 1 heterocycles. The van der Waals surface area contributed by atoms with Crippen molar-refractivity contribution in [2.75, 3.05) is 19.6 Å². The monoisotopic (exact) mass is 428 g/mol. The summed E-state index contributed by atoms with van der Waals surface area (Å²) in [6.45, 7) is 8.54. The van der Waals surface area contributed by atoms with Crippen molar-refractivity contribution in [3.05, 3.63) is 41.8 Å². The number of aryl methyl sites for hydroxylation is 1. The number of guanidine groups is 1. The molecule has 2 N–H and O–H groups in total. The van der Waals surface area contributed by atoms with E-state index in [0.717, 1.165) is 30.8 Å². The minimum Gasteiger partial charge on any atom is -0.444 e. The number of rotatable bonds is 6. The molecule has 2 aromatic rings.